The van der Waals surface area contributed by atoms with E-state index in [2.05, 4.69) is 5.10 Å². The Balaban J connectivity index is 2.11. The number of aliphatic hydroxyl groups is 1. The Kier molecular flexibility index (Phi) is 2.10. The zero-order valence-corrected chi connectivity index (χ0v) is 6.81. The molecule has 0 amide bonds. The molecule has 0 aromatic carbocycles. The van der Waals surface area contributed by atoms with E-state index < -0.39 is 0 Å². The summed E-state index contributed by atoms with van der Waals surface area (Å²) in [7, 11) is 0. The van der Waals surface area contributed by atoms with Crippen LogP contribution < -0.4 is 0 Å². The summed E-state index contributed by atoms with van der Waals surface area (Å²) < 4.78 is 7.10. The van der Waals surface area contributed by atoms with Crippen LogP contribution in [-0.4, -0.2) is 28.1 Å². The molecule has 1 fully saturated rings. The largest absolute Gasteiger partial charge is 0.390 e. The summed E-state index contributed by atoms with van der Waals surface area (Å²) in [6.45, 7) is 1.58. The van der Waals surface area contributed by atoms with E-state index in [0.29, 0.717) is 6.04 Å². The van der Waals surface area contributed by atoms with E-state index >= 15 is 0 Å². The zero-order valence-electron chi connectivity index (χ0n) is 6.81. The van der Waals surface area contributed by atoms with Crippen LogP contribution in [-0.2, 0) is 11.3 Å². The minimum absolute atomic E-state index is 0.0145. The molecule has 4 nitrogen and oxygen atoms in total. The molecule has 1 saturated heterocycles. The summed E-state index contributed by atoms with van der Waals surface area (Å²) in [5.74, 6) is 0. The SMILES string of the molecule is OCc1ccn(C2CCOC2)n1. The minimum Gasteiger partial charge on any atom is -0.390 e. The van der Waals surface area contributed by atoms with Crippen LogP contribution >= 0.6 is 0 Å². The fourth-order valence-corrected chi connectivity index (χ4v) is 1.40. The van der Waals surface area contributed by atoms with Gasteiger partial charge in [-0.1, -0.05) is 0 Å². The van der Waals surface area contributed by atoms with E-state index in [1.54, 1.807) is 0 Å². The summed E-state index contributed by atoms with van der Waals surface area (Å²) in [6, 6.07) is 2.20. The first-order valence-electron chi connectivity index (χ1n) is 4.13. The highest BCUT2D eigenvalue weighted by Gasteiger charge is 2.17. The van der Waals surface area contributed by atoms with Crippen LogP contribution in [0.2, 0.25) is 0 Å². The van der Waals surface area contributed by atoms with Crippen molar-refractivity contribution in [2.75, 3.05) is 13.2 Å². The van der Waals surface area contributed by atoms with Crippen molar-refractivity contribution in [1.82, 2.24) is 9.78 Å². The van der Waals surface area contributed by atoms with Gasteiger partial charge in [0, 0.05) is 12.8 Å². The third-order valence-electron chi connectivity index (χ3n) is 2.11. The Bertz CT molecular complexity index is 253. The summed E-state index contributed by atoms with van der Waals surface area (Å²) >= 11 is 0. The average molecular weight is 168 g/mol. The molecule has 0 saturated carbocycles. The number of hydrogen-bond acceptors (Lipinski definition) is 3. The first-order valence-corrected chi connectivity index (χ1v) is 4.13. The van der Waals surface area contributed by atoms with Crippen LogP contribution in [0.1, 0.15) is 18.2 Å². The second-order valence-corrected chi connectivity index (χ2v) is 2.96. The monoisotopic (exact) mass is 168 g/mol. The van der Waals surface area contributed by atoms with Crippen molar-refractivity contribution < 1.29 is 9.84 Å². The van der Waals surface area contributed by atoms with Crippen LogP contribution in [0.25, 0.3) is 0 Å². The molecule has 1 aliphatic heterocycles. The van der Waals surface area contributed by atoms with Gasteiger partial charge in [0.1, 0.15) is 0 Å². The normalized spacial score (nSPS) is 23.2. The maximum absolute atomic E-state index is 8.79. The Morgan fingerprint density at radius 2 is 2.67 bits per heavy atom. The molecule has 66 valence electrons. The number of nitrogens with zero attached hydrogens (tertiary/aromatic N) is 2. The Hall–Kier alpha value is -0.870. The highest BCUT2D eigenvalue weighted by molar-refractivity contribution is 4.98. The van der Waals surface area contributed by atoms with Crippen molar-refractivity contribution in [1.29, 1.82) is 0 Å². The van der Waals surface area contributed by atoms with Gasteiger partial charge in [-0.2, -0.15) is 5.10 Å². The molecule has 1 aliphatic rings. The summed E-state index contributed by atoms with van der Waals surface area (Å²) in [4.78, 5) is 0. The third-order valence-corrected chi connectivity index (χ3v) is 2.11. The van der Waals surface area contributed by atoms with Gasteiger partial charge in [-0.15, -0.1) is 0 Å². The van der Waals surface area contributed by atoms with Gasteiger partial charge in [0.05, 0.1) is 24.9 Å². The molecule has 1 N–H and O–H groups in total. The molecule has 0 bridgehead atoms. The summed E-state index contributed by atoms with van der Waals surface area (Å²) in [5.41, 5.74) is 0.724. The van der Waals surface area contributed by atoms with E-state index in [-0.39, 0.29) is 6.61 Å². The van der Waals surface area contributed by atoms with Gasteiger partial charge < -0.3 is 9.84 Å². The minimum atomic E-state index is 0.0145. The molecule has 1 aromatic rings. The van der Waals surface area contributed by atoms with Crippen molar-refractivity contribution >= 4 is 0 Å². The van der Waals surface area contributed by atoms with Crippen molar-refractivity contribution in [3.8, 4) is 0 Å². The molecule has 2 heterocycles. The molecular formula is C8H12N2O2. The predicted octanol–water partition coefficient (Wildman–Crippen LogP) is 0.337. The lowest BCUT2D eigenvalue weighted by atomic mass is 10.3. The molecule has 0 spiro atoms. The van der Waals surface area contributed by atoms with Gasteiger partial charge in [0.2, 0.25) is 0 Å². The van der Waals surface area contributed by atoms with Crippen LogP contribution in [0.3, 0.4) is 0 Å². The second-order valence-electron chi connectivity index (χ2n) is 2.96. The smallest absolute Gasteiger partial charge is 0.0879 e. The Labute approximate surface area is 70.8 Å². The molecule has 12 heavy (non-hydrogen) atoms. The first-order chi connectivity index (χ1) is 5.90. The van der Waals surface area contributed by atoms with Crippen molar-refractivity contribution in [3.05, 3.63) is 18.0 Å². The van der Waals surface area contributed by atoms with Crippen LogP contribution in [0.5, 0.6) is 0 Å². The lowest BCUT2D eigenvalue weighted by molar-refractivity contribution is 0.184. The van der Waals surface area contributed by atoms with Crippen LogP contribution in [0.4, 0.5) is 0 Å². The van der Waals surface area contributed by atoms with Gasteiger partial charge in [-0.3, -0.25) is 4.68 Å². The van der Waals surface area contributed by atoms with Gasteiger partial charge in [-0.05, 0) is 12.5 Å². The maximum Gasteiger partial charge on any atom is 0.0879 e. The molecule has 2 rings (SSSR count). The van der Waals surface area contributed by atoms with Crippen LogP contribution in [0, 0.1) is 0 Å². The number of rotatable bonds is 2. The number of aromatic nitrogens is 2. The summed E-state index contributed by atoms with van der Waals surface area (Å²) in [6.07, 6.45) is 2.91. The lowest BCUT2D eigenvalue weighted by Gasteiger charge is -2.06. The third kappa shape index (κ3) is 1.35. The average Bonchev–Trinajstić information content (AvgIpc) is 2.75. The number of aliphatic hydroxyl groups excluding tert-OH is 1. The predicted molar refractivity (Wildman–Crippen MR) is 42.6 cm³/mol. The molecule has 1 unspecified atom stereocenters. The molecule has 1 aromatic heterocycles. The highest BCUT2D eigenvalue weighted by Crippen LogP contribution is 2.17. The highest BCUT2D eigenvalue weighted by atomic mass is 16.5. The van der Waals surface area contributed by atoms with E-state index in [9.17, 15) is 0 Å². The topological polar surface area (TPSA) is 47.3 Å². The van der Waals surface area contributed by atoms with Crippen molar-refractivity contribution in [2.45, 2.75) is 19.1 Å². The van der Waals surface area contributed by atoms with E-state index in [1.807, 2.05) is 16.9 Å². The van der Waals surface area contributed by atoms with Gasteiger partial charge in [0.15, 0.2) is 0 Å². The fourth-order valence-electron chi connectivity index (χ4n) is 1.40. The van der Waals surface area contributed by atoms with Crippen LogP contribution in [0.15, 0.2) is 12.3 Å². The van der Waals surface area contributed by atoms with Gasteiger partial charge >= 0.3 is 0 Å². The van der Waals surface area contributed by atoms with Gasteiger partial charge in [-0.25, -0.2) is 0 Å². The van der Waals surface area contributed by atoms with E-state index in [4.69, 9.17) is 9.84 Å². The Morgan fingerprint density at radius 1 is 1.75 bits per heavy atom. The molecular weight excluding hydrogens is 156 g/mol. The lowest BCUT2D eigenvalue weighted by Crippen LogP contribution is -2.09. The van der Waals surface area contributed by atoms with Crippen molar-refractivity contribution in [2.24, 2.45) is 0 Å². The van der Waals surface area contributed by atoms with E-state index in [1.165, 1.54) is 0 Å². The number of hydrogen-bond donors (Lipinski definition) is 1. The van der Waals surface area contributed by atoms with Gasteiger partial charge in [0.25, 0.3) is 0 Å². The maximum atomic E-state index is 8.79. The summed E-state index contributed by atoms with van der Waals surface area (Å²) in [5, 5.41) is 13.0. The van der Waals surface area contributed by atoms with E-state index in [0.717, 1.165) is 25.3 Å². The quantitative estimate of drug-likeness (QED) is 0.692. The number of ether oxygens (including phenoxy) is 1. The second kappa shape index (κ2) is 3.25. The standard InChI is InChI=1S/C8H12N2O2/c11-5-7-1-3-10(9-7)8-2-4-12-6-8/h1,3,8,11H,2,4-6H2. The molecule has 4 heteroatoms. The first kappa shape index (κ1) is 7.76. The fraction of sp³-hybridized carbons (Fsp3) is 0.625. The molecule has 1 atom stereocenters. The van der Waals surface area contributed by atoms with Crippen molar-refractivity contribution in [3.63, 3.8) is 0 Å². The molecule has 0 radical (unpaired) electrons. The Morgan fingerprint density at radius 3 is 3.25 bits per heavy atom. The molecule has 0 aliphatic carbocycles. The zero-order chi connectivity index (χ0) is 8.39.